The normalized spacial score (nSPS) is 12.8. The van der Waals surface area contributed by atoms with Crippen molar-refractivity contribution in [2.24, 2.45) is 0 Å². The van der Waals surface area contributed by atoms with Crippen LogP contribution in [0.15, 0.2) is 115 Å². The Morgan fingerprint density at radius 3 is 1.76 bits per heavy atom. The largest absolute Gasteiger partial charge is 0.322 e. The maximum absolute atomic E-state index is 12.9. The Morgan fingerprint density at radius 1 is 0.632 bits per heavy atom. The molecule has 182 valence electrons. The molecule has 1 aliphatic rings. The van der Waals surface area contributed by atoms with E-state index in [1.165, 1.54) is 12.2 Å². The molecule has 2 heterocycles. The first kappa shape index (κ1) is 23.0. The molecule has 5 aromatic rings. The smallest absolute Gasteiger partial charge is 0.258 e. The highest BCUT2D eigenvalue weighted by Gasteiger charge is 2.25. The van der Waals surface area contributed by atoms with E-state index in [1.54, 1.807) is 36.4 Å². The van der Waals surface area contributed by atoms with Gasteiger partial charge in [0.05, 0.1) is 28.1 Å². The van der Waals surface area contributed by atoms with Gasteiger partial charge in [0.25, 0.3) is 17.7 Å². The molecule has 0 atom stereocenters. The number of rotatable bonds is 5. The Hall–Kier alpha value is -5.43. The number of carbonyl (C=O) groups is 3. The van der Waals surface area contributed by atoms with Gasteiger partial charge < -0.3 is 5.32 Å². The van der Waals surface area contributed by atoms with E-state index in [9.17, 15) is 14.4 Å². The highest BCUT2D eigenvalue weighted by Crippen LogP contribution is 2.31. The summed E-state index contributed by atoms with van der Waals surface area (Å²) in [5, 5.41) is 2.90. The van der Waals surface area contributed by atoms with E-state index in [-0.39, 0.29) is 5.91 Å². The fourth-order valence-corrected chi connectivity index (χ4v) is 4.35. The number of benzene rings is 4. The van der Waals surface area contributed by atoms with Crippen molar-refractivity contribution in [3.8, 4) is 22.5 Å². The number of nitrogens with zero attached hydrogens (tertiary/aromatic N) is 3. The Bertz CT molecular complexity index is 1710. The van der Waals surface area contributed by atoms with Crippen LogP contribution in [0.25, 0.3) is 33.5 Å². The van der Waals surface area contributed by atoms with Crippen LogP contribution in [0.5, 0.6) is 0 Å². The third-order valence-corrected chi connectivity index (χ3v) is 6.21. The van der Waals surface area contributed by atoms with E-state index in [1.807, 2.05) is 66.7 Å². The molecule has 6 rings (SSSR count). The highest BCUT2D eigenvalue weighted by atomic mass is 16.2. The SMILES string of the molecule is O=C(Nc1ccc2nc(-c3ccccc3)c(-c3ccccc3)nc2c1)c1ccc(N2C(=O)C=CC2=O)cc1. The lowest BCUT2D eigenvalue weighted by atomic mass is 10.0. The number of nitrogens with one attached hydrogen (secondary N) is 1. The molecule has 4 aromatic carbocycles. The minimum absolute atomic E-state index is 0.328. The Kier molecular flexibility index (Phi) is 5.78. The third-order valence-electron chi connectivity index (χ3n) is 6.21. The molecular weight excluding hydrogens is 476 g/mol. The van der Waals surface area contributed by atoms with Crippen LogP contribution in [0.1, 0.15) is 10.4 Å². The monoisotopic (exact) mass is 496 g/mol. The first-order valence-corrected chi connectivity index (χ1v) is 12.0. The van der Waals surface area contributed by atoms with Crippen molar-refractivity contribution >= 4 is 40.1 Å². The third kappa shape index (κ3) is 4.33. The van der Waals surface area contributed by atoms with E-state index in [2.05, 4.69) is 5.32 Å². The van der Waals surface area contributed by atoms with Gasteiger partial charge >= 0.3 is 0 Å². The lowest BCUT2D eigenvalue weighted by molar-refractivity contribution is -0.119. The standard InChI is InChI=1S/C31H20N4O3/c36-27-17-18-28(37)35(27)24-14-11-22(12-15-24)31(38)32-23-13-16-25-26(19-23)34-30(21-9-5-2-6-10-21)29(33-25)20-7-3-1-4-8-20/h1-19H,(H,32,38). The lowest BCUT2D eigenvalue weighted by Crippen LogP contribution is -2.29. The molecule has 38 heavy (non-hydrogen) atoms. The predicted molar refractivity (Wildman–Crippen MR) is 146 cm³/mol. The van der Waals surface area contributed by atoms with Crippen LogP contribution in [0, 0.1) is 0 Å². The van der Waals surface area contributed by atoms with Crippen LogP contribution >= 0.6 is 0 Å². The van der Waals surface area contributed by atoms with E-state index in [0.717, 1.165) is 27.4 Å². The summed E-state index contributed by atoms with van der Waals surface area (Å²) in [6.07, 6.45) is 2.44. The minimum atomic E-state index is -0.408. The van der Waals surface area contributed by atoms with Crippen LogP contribution < -0.4 is 10.2 Å². The molecule has 7 nitrogen and oxygen atoms in total. The van der Waals surface area contributed by atoms with Crippen LogP contribution in [0.3, 0.4) is 0 Å². The van der Waals surface area contributed by atoms with Crippen molar-refractivity contribution in [2.45, 2.75) is 0 Å². The van der Waals surface area contributed by atoms with Crippen LogP contribution in [-0.4, -0.2) is 27.7 Å². The molecule has 1 N–H and O–H groups in total. The maximum atomic E-state index is 12.9. The molecule has 0 radical (unpaired) electrons. The highest BCUT2D eigenvalue weighted by molar-refractivity contribution is 6.28. The average molecular weight is 497 g/mol. The number of fused-ring (bicyclic) bond motifs is 1. The molecule has 0 saturated carbocycles. The van der Waals surface area contributed by atoms with Crippen molar-refractivity contribution in [2.75, 3.05) is 10.2 Å². The molecule has 7 heteroatoms. The van der Waals surface area contributed by atoms with Gasteiger partial charge in [-0.05, 0) is 42.5 Å². The van der Waals surface area contributed by atoms with Gasteiger partial charge in [-0.1, -0.05) is 60.7 Å². The van der Waals surface area contributed by atoms with Gasteiger partial charge in [-0.3, -0.25) is 14.4 Å². The second-order valence-corrected chi connectivity index (χ2v) is 8.70. The summed E-state index contributed by atoms with van der Waals surface area (Å²) >= 11 is 0. The number of aromatic nitrogens is 2. The summed E-state index contributed by atoms with van der Waals surface area (Å²) in [4.78, 5) is 47.6. The second kappa shape index (κ2) is 9.55. The topological polar surface area (TPSA) is 92.3 Å². The zero-order valence-corrected chi connectivity index (χ0v) is 20.0. The maximum Gasteiger partial charge on any atom is 0.258 e. The number of hydrogen-bond acceptors (Lipinski definition) is 5. The number of anilines is 2. The van der Waals surface area contributed by atoms with Gasteiger partial charge in [0.1, 0.15) is 0 Å². The Labute approximate surface area is 218 Å². The van der Waals surface area contributed by atoms with Gasteiger partial charge in [0.15, 0.2) is 0 Å². The zero-order valence-electron chi connectivity index (χ0n) is 20.0. The molecule has 0 unspecified atom stereocenters. The fourth-order valence-electron chi connectivity index (χ4n) is 4.35. The average Bonchev–Trinajstić information content (AvgIpc) is 3.30. The van der Waals surface area contributed by atoms with Crippen LogP contribution in [0.4, 0.5) is 11.4 Å². The molecule has 1 aliphatic heterocycles. The van der Waals surface area contributed by atoms with Crippen molar-refractivity contribution in [3.05, 3.63) is 121 Å². The summed E-state index contributed by atoms with van der Waals surface area (Å²) in [5.41, 5.74) is 6.17. The summed E-state index contributed by atoms with van der Waals surface area (Å²) in [6, 6.07) is 31.5. The first-order valence-electron chi connectivity index (χ1n) is 12.0. The minimum Gasteiger partial charge on any atom is -0.322 e. The van der Waals surface area contributed by atoms with Gasteiger partial charge in [-0.25, -0.2) is 14.9 Å². The number of imide groups is 1. The van der Waals surface area contributed by atoms with E-state index in [4.69, 9.17) is 9.97 Å². The molecule has 1 aromatic heterocycles. The van der Waals surface area contributed by atoms with Crippen molar-refractivity contribution < 1.29 is 14.4 Å². The van der Waals surface area contributed by atoms with Crippen LogP contribution in [0.2, 0.25) is 0 Å². The summed E-state index contributed by atoms with van der Waals surface area (Å²) in [5.74, 6) is -1.14. The Balaban J connectivity index is 1.30. The molecular formula is C31H20N4O3. The van der Waals surface area contributed by atoms with E-state index in [0.29, 0.717) is 28.0 Å². The summed E-state index contributed by atoms with van der Waals surface area (Å²) in [7, 11) is 0. The van der Waals surface area contributed by atoms with Crippen molar-refractivity contribution in [1.29, 1.82) is 0 Å². The van der Waals surface area contributed by atoms with Gasteiger partial charge in [-0.15, -0.1) is 0 Å². The molecule has 0 bridgehead atoms. The zero-order chi connectivity index (χ0) is 26.1. The summed E-state index contributed by atoms with van der Waals surface area (Å²) in [6.45, 7) is 0. The van der Waals surface area contributed by atoms with Gasteiger partial charge in [-0.2, -0.15) is 0 Å². The quantitative estimate of drug-likeness (QED) is 0.318. The van der Waals surface area contributed by atoms with Crippen LogP contribution in [-0.2, 0) is 9.59 Å². The molecule has 0 fully saturated rings. The van der Waals surface area contributed by atoms with Gasteiger partial charge in [0.2, 0.25) is 0 Å². The molecule has 0 saturated heterocycles. The Morgan fingerprint density at radius 2 is 1.18 bits per heavy atom. The number of carbonyl (C=O) groups excluding carboxylic acids is 3. The van der Waals surface area contributed by atoms with Gasteiger partial charge in [0, 0.05) is 34.5 Å². The molecule has 3 amide bonds. The lowest BCUT2D eigenvalue weighted by Gasteiger charge is -2.14. The number of amides is 3. The van der Waals surface area contributed by atoms with Crippen molar-refractivity contribution in [3.63, 3.8) is 0 Å². The fraction of sp³-hybridized carbons (Fsp3) is 0. The van der Waals surface area contributed by atoms with E-state index < -0.39 is 11.8 Å². The second-order valence-electron chi connectivity index (χ2n) is 8.70. The van der Waals surface area contributed by atoms with Crippen molar-refractivity contribution in [1.82, 2.24) is 9.97 Å². The first-order chi connectivity index (χ1) is 18.6. The summed E-state index contributed by atoms with van der Waals surface area (Å²) < 4.78 is 0. The molecule has 0 spiro atoms. The molecule has 0 aliphatic carbocycles. The number of hydrogen-bond donors (Lipinski definition) is 1. The van der Waals surface area contributed by atoms with E-state index >= 15 is 0 Å². The predicted octanol–water partition coefficient (Wildman–Crippen LogP) is 5.65.